The smallest absolute Gasteiger partial charge is 0.0761 e. The van der Waals surface area contributed by atoms with E-state index in [9.17, 15) is 10.2 Å². The second kappa shape index (κ2) is 11.6. The Bertz CT molecular complexity index is 787. The highest BCUT2D eigenvalue weighted by atomic mass is 16.5. The van der Waals surface area contributed by atoms with E-state index in [4.69, 9.17) is 4.74 Å². The topological polar surface area (TPSA) is 65.0 Å². The van der Waals surface area contributed by atoms with E-state index in [-0.39, 0.29) is 12.0 Å². The summed E-state index contributed by atoms with van der Waals surface area (Å²) in [5.41, 5.74) is 3.85. The van der Waals surface area contributed by atoms with Crippen LogP contribution >= 0.6 is 0 Å². The molecule has 2 aliphatic carbocycles. The molecular formula is C27H40N2O3. The molecule has 1 saturated carbocycles. The van der Waals surface area contributed by atoms with Crippen molar-refractivity contribution in [2.45, 2.75) is 44.8 Å². The molecule has 2 fully saturated rings. The lowest BCUT2D eigenvalue weighted by molar-refractivity contribution is 0.0375. The summed E-state index contributed by atoms with van der Waals surface area (Å²) in [6, 6.07) is 8.30. The van der Waals surface area contributed by atoms with Gasteiger partial charge in [0.25, 0.3) is 0 Å². The standard InChI is InChI=1S/C27H40N2O3/c1-20-4-2-5-21(14-20)16-24(30)6-7-25-26-17-22(15-23(26)18-27(25)31)19-28-8-3-9-29-10-12-32-13-11-29/h2,4-7,14-15,23-28,30-31H,3,8-13,16-19H2,1H3/b7-6+/t23-,24-,25+,26-,27+/m0/s1. The second-order valence-corrected chi connectivity index (χ2v) is 9.87. The van der Waals surface area contributed by atoms with Crippen molar-refractivity contribution in [1.82, 2.24) is 10.2 Å². The molecule has 1 aromatic carbocycles. The molecule has 32 heavy (non-hydrogen) atoms. The number of hydrogen-bond donors (Lipinski definition) is 3. The van der Waals surface area contributed by atoms with Crippen LogP contribution in [0.3, 0.4) is 0 Å². The molecule has 0 amide bonds. The van der Waals surface area contributed by atoms with Gasteiger partial charge in [-0.25, -0.2) is 0 Å². The number of aliphatic hydroxyl groups excluding tert-OH is 2. The number of nitrogens with one attached hydrogen (secondary N) is 1. The fourth-order valence-electron chi connectivity index (χ4n) is 5.64. The van der Waals surface area contributed by atoms with E-state index >= 15 is 0 Å². The Morgan fingerprint density at radius 3 is 2.94 bits per heavy atom. The third-order valence-corrected chi connectivity index (χ3v) is 7.32. The Balaban J connectivity index is 1.19. The van der Waals surface area contributed by atoms with Crippen molar-refractivity contribution < 1.29 is 14.9 Å². The molecule has 3 N–H and O–H groups in total. The van der Waals surface area contributed by atoms with Gasteiger partial charge in [-0.1, -0.05) is 53.6 Å². The molecule has 0 bridgehead atoms. The molecule has 1 aromatic rings. The Hall–Kier alpha value is -1.50. The summed E-state index contributed by atoms with van der Waals surface area (Å²) in [6.45, 7) is 9.08. The van der Waals surface area contributed by atoms with E-state index in [1.807, 2.05) is 12.1 Å². The highest BCUT2D eigenvalue weighted by Crippen LogP contribution is 2.47. The average Bonchev–Trinajstić information content (AvgIpc) is 3.29. The molecule has 5 nitrogen and oxygen atoms in total. The van der Waals surface area contributed by atoms with Gasteiger partial charge in [-0.15, -0.1) is 0 Å². The van der Waals surface area contributed by atoms with Crippen molar-refractivity contribution in [3.63, 3.8) is 0 Å². The molecule has 0 unspecified atom stereocenters. The third kappa shape index (κ3) is 6.52. The van der Waals surface area contributed by atoms with Crippen molar-refractivity contribution in [1.29, 1.82) is 0 Å². The van der Waals surface area contributed by atoms with Gasteiger partial charge in [0, 0.05) is 32.0 Å². The van der Waals surface area contributed by atoms with Gasteiger partial charge in [0.05, 0.1) is 25.4 Å². The summed E-state index contributed by atoms with van der Waals surface area (Å²) in [5, 5.41) is 24.7. The highest BCUT2D eigenvalue weighted by Gasteiger charge is 2.43. The van der Waals surface area contributed by atoms with Crippen LogP contribution in [0.1, 0.15) is 30.4 Å². The van der Waals surface area contributed by atoms with E-state index in [1.54, 1.807) is 0 Å². The first-order valence-corrected chi connectivity index (χ1v) is 12.4. The Kier molecular flexibility index (Phi) is 8.55. The number of ether oxygens (including phenoxy) is 1. The maximum atomic E-state index is 10.6. The Labute approximate surface area is 193 Å². The molecule has 1 aliphatic heterocycles. The maximum absolute atomic E-state index is 10.6. The second-order valence-electron chi connectivity index (χ2n) is 9.87. The fraction of sp³-hybridized carbons (Fsp3) is 0.630. The van der Waals surface area contributed by atoms with Gasteiger partial charge in [-0.3, -0.25) is 4.90 Å². The molecule has 0 aromatic heterocycles. The van der Waals surface area contributed by atoms with Crippen LogP contribution < -0.4 is 5.32 Å². The van der Waals surface area contributed by atoms with Crippen LogP contribution in [0.5, 0.6) is 0 Å². The van der Waals surface area contributed by atoms with Gasteiger partial charge < -0.3 is 20.3 Å². The van der Waals surface area contributed by atoms with Crippen LogP contribution in [0.2, 0.25) is 0 Å². The summed E-state index contributed by atoms with van der Waals surface area (Å²) in [7, 11) is 0. The van der Waals surface area contributed by atoms with Gasteiger partial charge in [-0.05, 0) is 56.7 Å². The number of aliphatic hydroxyl groups is 2. The van der Waals surface area contributed by atoms with Gasteiger partial charge in [-0.2, -0.15) is 0 Å². The first kappa shape index (κ1) is 23.7. The number of hydrogen-bond acceptors (Lipinski definition) is 5. The Morgan fingerprint density at radius 2 is 2.12 bits per heavy atom. The molecule has 176 valence electrons. The van der Waals surface area contributed by atoms with Crippen LogP contribution in [-0.4, -0.2) is 73.3 Å². The zero-order valence-corrected chi connectivity index (χ0v) is 19.5. The van der Waals surface area contributed by atoms with E-state index in [2.05, 4.69) is 47.5 Å². The normalized spacial score (nSPS) is 29.4. The predicted octanol–water partition coefficient (Wildman–Crippen LogP) is 2.71. The highest BCUT2D eigenvalue weighted by molar-refractivity contribution is 5.24. The van der Waals surface area contributed by atoms with E-state index in [1.165, 1.54) is 17.6 Å². The average molecular weight is 441 g/mol. The number of benzene rings is 1. The molecule has 4 rings (SSSR count). The zero-order valence-electron chi connectivity index (χ0n) is 19.5. The van der Waals surface area contributed by atoms with Gasteiger partial charge in [0.1, 0.15) is 0 Å². The van der Waals surface area contributed by atoms with Gasteiger partial charge in [0.15, 0.2) is 0 Å². The molecule has 0 spiro atoms. The predicted molar refractivity (Wildman–Crippen MR) is 129 cm³/mol. The lowest BCUT2D eigenvalue weighted by Crippen LogP contribution is -2.37. The number of aryl methyl sites for hydroxylation is 1. The Morgan fingerprint density at radius 1 is 1.28 bits per heavy atom. The maximum Gasteiger partial charge on any atom is 0.0761 e. The van der Waals surface area contributed by atoms with Crippen LogP contribution in [0.15, 0.2) is 48.1 Å². The minimum atomic E-state index is -0.509. The van der Waals surface area contributed by atoms with Crippen molar-refractivity contribution in [3.8, 4) is 0 Å². The number of allylic oxidation sites excluding steroid dienone is 1. The first-order chi connectivity index (χ1) is 15.6. The lowest BCUT2D eigenvalue weighted by atomic mass is 9.89. The minimum Gasteiger partial charge on any atom is -0.392 e. The molecule has 5 heteroatoms. The molecular weight excluding hydrogens is 400 g/mol. The monoisotopic (exact) mass is 440 g/mol. The lowest BCUT2D eigenvalue weighted by Gasteiger charge is -2.26. The number of fused-ring (bicyclic) bond motifs is 1. The van der Waals surface area contributed by atoms with Gasteiger partial charge in [0.2, 0.25) is 0 Å². The largest absolute Gasteiger partial charge is 0.392 e. The summed E-state index contributed by atoms with van der Waals surface area (Å²) in [4.78, 5) is 2.48. The van der Waals surface area contributed by atoms with Crippen molar-refractivity contribution in [2.75, 3.05) is 45.9 Å². The van der Waals surface area contributed by atoms with Crippen molar-refractivity contribution in [3.05, 3.63) is 59.2 Å². The van der Waals surface area contributed by atoms with Crippen molar-refractivity contribution in [2.24, 2.45) is 17.8 Å². The molecule has 3 aliphatic rings. The summed E-state index contributed by atoms with van der Waals surface area (Å²) in [5.74, 6) is 1.08. The summed E-state index contributed by atoms with van der Waals surface area (Å²) in [6.07, 6.45) is 9.27. The van der Waals surface area contributed by atoms with E-state index in [0.717, 1.165) is 64.3 Å². The number of nitrogens with zero attached hydrogens (tertiary/aromatic N) is 1. The van der Waals surface area contributed by atoms with Crippen LogP contribution in [-0.2, 0) is 11.2 Å². The van der Waals surface area contributed by atoms with Crippen molar-refractivity contribution >= 4 is 0 Å². The summed E-state index contributed by atoms with van der Waals surface area (Å²) < 4.78 is 5.41. The number of morpholine rings is 1. The molecule has 1 heterocycles. The van der Waals surface area contributed by atoms with Crippen LogP contribution in [0.4, 0.5) is 0 Å². The SMILES string of the molecule is Cc1cccc(C[C@@H](O)/C=C/[C@@H]2[C@H]3CC(CNCCCN4CCOCC4)=C[C@H]3C[C@H]2O)c1. The molecule has 5 atom stereocenters. The van der Waals surface area contributed by atoms with Gasteiger partial charge >= 0.3 is 0 Å². The quantitative estimate of drug-likeness (QED) is 0.386. The third-order valence-electron chi connectivity index (χ3n) is 7.32. The van der Waals surface area contributed by atoms with E-state index in [0.29, 0.717) is 18.3 Å². The fourth-order valence-corrected chi connectivity index (χ4v) is 5.64. The first-order valence-electron chi connectivity index (χ1n) is 12.4. The summed E-state index contributed by atoms with van der Waals surface area (Å²) >= 11 is 0. The van der Waals surface area contributed by atoms with Crippen LogP contribution in [0, 0.1) is 24.7 Å². The minimum absolute atomic E-state index is 0.141. The van der Waals surface area contributed by atoms with E-state index < -0.39 is 6.10 Å². The van der Waals surface area contributed by atoms with Crippen LogP contribution in [0.25, 0.3) is 0 Å². The molecule has 1 saturated heterocycles. The molecule has 0 radical (unpaired) electrons. The zero-order chi connectivity index (χ0) is 22.3. The number of rotatable bonds is 10.